The predicted octanol–water partition coefficient (Wildman–Crippen LogP) is 3.74. The molecule has 4 rings (SSSR count). The van der Waals surface area contributed by atoms with Crippen LogP contribution in [0.2, 0.25) is 0 Å². The highest BCUT2D eigenvalue weighted by atomic mass is 16.6. The van der Waals surface area contributed by atoms with Crippen molar-refractivity contribution in [3.63, 3.8) is 0 Å². The Kier molecular flexibility index (Phi) is 4.52. The van der Waals surface area contributed by atoms with Crippen LogP contribution in [0.5, 0.6) is 0 Å². The summed E-state index contributed by atoms with van der Waals surface area (Å²) in [5, 5.41) is 15.5. The maximum atomic E-state index is 12.3. The Morgan fingerprint density at radius 3 is 2.59 bits per heavy atom. The van der Waals surface area contributed by atoms with E-state index in [-0.39, 0.29) is 17.3 Å². The van der Waals surface area contributed by atoms with E-state index in [1.165, 1.54) is 12.1 Å². The van der Waals surface area contributed by atoms with E-state index < -0.39 is 10.9 Å². The highest BCUT2D eigenvalue weighted by Crippen LogP contribution is 2.25. The molecular formula is C21H16N4O4. The number of aryl methyl sites for hydroxylation is 1. The number of aromatic nitrogens is 2. The average molecular weight is 388 g/mol. The molecule has 1 aliphatic rings. The Morgan fingerprint density at radius 2 is 1.86 bits per heavy atom. The lowest BCUT2D eigenvalue weighted by atomic mass is 10.1. The summed E-state index contributed by atoms with van der Waals surface area (Å²) in [5.74, 6) is -0.283. The summed E-state index contributed by atoms with van der Waals surface area (Å²) in [5.41, 5.74) is 3.53. The van der Waals surface area contributed by atoms with Crippen LogP contribution in [0.1, 0.15) is 22.5 Å². The molecule has 1 aliphatic heterocycles. The van der Waals surface area contributed by atoms with E-state index in [4.69, 9.17) is 4.74 Å². The molecule has 8 heteroatoms. The molecule has 0 saturated carbocycles. The summed E-state index contributed by atoms with van der Waals surface area (Å²) in [6.45, 7) is 3.63. The van der Waals surface area contributed by atoms with Crippen molar-refractivity contribution in [3.8, 4) is 5.69 Å². The topological polar surface area (TPSA) is 99.6 Å². The molecule has 0 spiro atoms. The molecule has 0 atom stereocenters. The number of rotatable bonds is 4. The Bertz CT molecular complexity index is 1190. The van der Waals surface area contributed by atoms with Gasteiger partial charge in [-0.1, -0.05) is 24.3 Å². The standard InChI is InChI=1S/C21H16N4O4/c1-13-18(12-19-21(26)29-20(22-19)15-7-4-3-5-8-15)14(2)24(23-13)16-9-6-10-17(11-16)25(27)28/h3-12H,1-2H3/b19-12-. The van der Waals surface area contributed by atoms with Crippen molar-refractivity contribution in [1.82, 2.24) is 9.78 Å². The van der Waals surface area contributed by atoms with E-state index in [0.29, 0.717) is 22.5 Å². The third kappa shape index (κ3) is 3.43. The lowest BCUT2D eigenvalue weighted by Gasteiger charge is -2.04. The van der Waals surface area contributed by atoms with Crippen molar-refractivity contribution in [2.24, 2.45) is 4.99 Å². The second-order valence-electron chi connectivity index (χ2n) is 6.48. The van der Waals surface area contributed by atoms with Crippen LogP contribution in [0.4, 0.5) is 5.69 Å². The van der Waals surface area contributed by atoms with E-state index in [0.717, 1.165) is 5.69 Å². The van der Waals surface area contributed by atoms with Crippen LogP contribution in [-0.4, -0.2) is 26.6 Å². The van der Waals surface area contributed by atoms with E-state index in [2.05, 4.69) is 10.1 Å². The van der Waals surface area contributed by atoms with Crippen molar-refractivity contribution in [3.05, 3.63) is 92.9 Å². The maximum absolute atomic E-state index is 12.3. The van der Waals surface area contributed by atoms with Crippen LogP contribution < -0.4 is 0 Å². The summed E-state index contributed by atoms with van der Waals surface area (Å²) in [7, 11) is 0. The van der Waals surface area contributed by atoms with Gasteiger partial charge in [-0.15, -0.1) is 0 Å². The number of hydrogen-bond acceptors (Lipinski definition) is 6. The number of non-ortho nitro benzene ring substituents is 1. The van der Waals surface area contributed by atoms with Crippen molar-refractivity contribution in [2.45, 2.75) is 13.8 Å². The first kappa shape index (κ1) is 18.3. The van der Waals surface area contributed by atoms with Gasteiger partial charge in [-0.3, -0.25) is 10.1 Å². The van der Waals surface area contributed by atoms with Gasteiger partial charge in [-0.2, -0.15) is 5.10 Å². The smallest absolute Gasteiger partial charge is 0.363 e. The van der Waals surface area contributed by atoms with Gasteiger partial charge in [0.05, 0.1) is 16.3 Å². The van der Waals surface area contributed by atoms with E-state index in [9.17, 15) is 14.9 Å². The lowest BCUT2D eigenvalue weighted by molar-refractivity contribution is -0.384. The normalized spacial score (nSPS) is 14.8. The summed E-state index contributed by atoms with van der Waals surface area (Å²) in [6, 6.07) is 15.4. The number of benzene rings is 2. The summed E-state index contributed by atoms with van der Waals surface area (Å²) in [6.07, 6.45) is 1.63. The largest absolute Gasteiger partial charge is 0.402 e. The molecule has 144 valence electrons. The Hall–Kier alpha value is -4.07. The van der Waals surface area contributed by atoms with Gasteiger partial charge in [-0.05, 0) is 38.1 Å². The molecule has 0 amide bonds. The highest BCUT2D eigenvalue weighted by molar-refractivity contribution is 6.12. The second kappa shape index (κ2) is 7.16. The van der Waals surface area contributed by atoms with Crippen molar-refractivity contribution >= 4 is 23.6 Å². The Balaban J connectivity index is 1.74. The van der Waals surface area contributed by atoms with Gasteiger partial charge < -0.3 is 4.74 Å². The van der Waals surface area contributed by atoms with Gasteiger partial charge >= 0.3 is 5.97 Å². The molecule has 29 heavy (non-hydrogen) atoms. The molecule has 0 aliphatic carbocycles. The number of carbonyl (C=O) groups is 1. The third-order valence-electron chi connectivity index (χ3n) is 4.55. The van der Waals surface area contributed by atoms with Gasteiger partial charge in [0.15, 0.2) is 5.70 Å². The molecule has 0 unspecified atom stereocenters. The van der Waals surface area contributed by atoms with Crippen LogP contribution in [0.15, 0.2) is 65.3 Å². The van der Waals surface area contributed by atoms with Gasteiger partial charge in [0.1, 0.15) is 0 Å². The van der Waals surface area contributed by atoms with Crippen molar-refractivity contribution in [2.75, 3.05) is 0 Å². The second-order valence-corrected chi connectivity index (χ2v) is 6.48. The molecule has 8 nitrogen and oxygen atoms in total. The number of hydrogen-bond donors (Lipinski definition) is 0. The molecule has 0 saturated heterocycles. The number of cyclic esters (lactones) is 1. The quantitative estimate of drug-likeness (QED) is 0.293. The SMILES string of the molecule is Cc1nn(-c2cccc([N+](=O)[O-])c2)c(C)c1/C=C1\N=C(c2ccccc2)OC1=O. The zero-order chi connectivity index (χ0) is 20.5. The van der Waals surface area contributed by atoms with Gasteiger partial charge in [0, 0.05) is 29.0 Å². The van der Waals surface area contributed by atoms with E-state index >= 15 is 0 Å². The minimum absolute atomic E-state index is 0.0218. The first-order chi connectivity index (χ1) is 13.9. The number of nitro groups is 1. The van der Waals surface area contributed by atoms with Crippen LogP contribution >= 0.6 is 0 Å². The number of nitrogens with zero attached hydrogens (tertiary/aromatic N) is 4. The highest BCUT2D eigenvalue weighted by Gasteiger charge is 2.25. The fourth-order valence-corrected chi connectivity index (χ4v) is 3.10. The molecule has 2 aromatic carbocycles. The minimum atomic E-state index is -0.536. The fourth-order valence-electron chi connectivity index (χ4n) is 3.10. The van der Waals surface area contributed by atoms with E-state index in [1.54, 1.807) is 29.8 Å². The summed E-state index contributed by atoms with van der Waals surface area (Å²) >= 11 is 0. The minimum Gasteiger partial charge on any atom is -0.402 e. The van der Waals surface area contributed by atoms with Gasteiger partial charge in [0.2, 0.25) is 5.90 Å². The molecule has 0 fully saturated rings. The molecule has 3 aromatic rings. The van der Waals surface area contributed by atoms with Crippen LogP contribution in [0.25, 0.3) is 11.8 Å². The lowest BCUT2D eigenvalue weighted by Crippen LogP contribution is -2.05. The fraction of sp³-hybridized carbons (Fsp3) is 0.0952. The molecular weight excluding hydrogens is 372 g/mol. The van der Waals surface area contributed by atoms with Crippen LogP contribution in [-0.2, 0) is 9.53 Å². The van der Waals surface area contributed by atoms with Crippen LogP contribution in [0, 0.1) is 24.0 Å². The number of aliphatic imine (C=N–C) groups is 1. The number of carbonyl (C=O) groups excluding carboxylic acids is 1. The summed E-state index contributed by atoms with van der Waals surface area (Å²) < 4.78 is 6.89. The number of ether oxygens (including phenoxy) is 1. The number of esters is 1. The average Bonchev–Trinajstić information content (AvgIpc) is 3.23. The van der Waals surface area contributed by atoms with E-state index in [1.807, 2.05) is 37.3 Å². The predicted molar refractivity (Wildman–Crippen MR) is 107 cm³/mol. The molecule has 0 N–H and O–H groups in total. The maximum Gasteiger partial charge on any atom is 0.363 e. The zero-order valence-corrected chi connectivity index (χ0v) is 15.7. The third-order valence-corrected chi connectivity index (χ3v) is 4.55. The van der Waals surface area contributed by atoms with Gasteiger partial charge in [-0.25, -0.2) is 14.5 Å². The first-order valence-corrected chi connectivity index (χ1v) is 8.83. The van der Waals surface area contributed by atoms with Gasteiger partial charge in [0.25, 0.3) is 5.69 Å². The monoisotopic (exact) mass is 388 g/mol. The molecule has 1 aromatic heterocycles. The molecule has 2 heterocycles. The summed E-state index contributed by atoms with van der Waals surface area (Å²) in [4.78, 5) is 27.2. The van der Waals surface area contributed by atoms with Crippen molar-refractivity contribution in [1.29, 1.82) is 0 Å². The molecule has 0 bridgehead atoms. The molecule has 0 radical (unpaired) electrons. The van der Waals surface area contributed by atoms with Crippen molar-refractivity contribution < 1.29 is 14.5 Å². The zero-order valence-electron chi connectivity index (χ0n) is 15.7. The van der Waals surface area contributed by atoms with Crippen LogP contribution in [0.3, 0.4) is 0 Å². The first-order valence-electron chi connectivity index (χ1n) is 8.83. The number of nitro benzene ring substituents is 1. The Labute approximate surface area is 165 Å². The Morgan fingerprint density at radius 1 is 1.10 bits per heavy atom.